The van der Waals surface area contributed by atoms with Crippen LogP contribution in [0, 0.1) is 6.92 Å². The summed E-state index contributed by atoms with van der Waals surface area (Å²) in [5, 5.41) is 2.72. The molecule has 0 radical (unpaired) electrons. The zero-order chi connectivity index (χ0) is 18.2. The maximum atomic E-state index is 12.9. The van der Waals surface area contributed by atoms with Gasteiger partial charge in [-0.1, -0.05) is 6.07 Å². The number of nitrogens with one attached hydrogen (secondary N) is 1. The molecule has 1 aromatic rings. The maximum absolute atomic E-state index is 12.9. The van der Waals surface area contributed by atoms with E-state index in [1.165, 1.54) is 0 Å². The summed E-state index contributed by atoms with van der Waals surface area (Å²) in [5.74, 6) is 0.734. The van der Waals surface area contributed by atoms with Crippen LogP contribution >= 0.6 is 0 Å². The van der Waals surface area contributed by atoms with Gasteiger partial charge in [-0.25, -0.2) is 4.79 Å². The van der Waals surface area contributed by atoms with Gasteiger partial charge in [0.2, 0.25) is 0 Å². The molecule has 1 heterocycles. The Labute approximate surface area is 148 Å². The van der Waals surface area contributed by atoms with E-state index in [1.54, 1.807) is 4.90 Å². The van der Waals surface area contributed by atoms with Crippen LogP contribution in [0.25, 0.3) is 0 Å². The van der Waals surface area contributed by atoms with E-state index in [-0.39, 0.29) is 5.91 Å². The van der Waals surface area contributed by atoms with Crippen molar-refractivity contribution in [2.75, 3.05) is 18.0 Å². The van der Waals surface area contributed by atoms with Crippen molar-refractivity contribution in [1.29, 1.82) is 0 Å². The Bertz CT molecular complexity index is 689. The fraction of sp³-hybridized carbons (Fsp3) is 0.579. The third kappa shape index (κ3) is 3.57. The fourth-order valence-corrected chi connectivity index (χ4v) is 3.16. The molecule has 2 aliphatic rings. The molecule has 2 amide bonds. The van der Waals surface area contributed by atoms with Gasteiger partial charge in [-0.2, -0.15) is 0 Å². The Morgan fingerprint density at radius 1 is 1.36 bits per heavy atom. The van der Waals surface area contributed by atoms with Crippen LogP contribution in [0.3, 0.4) is 0 Å². The molecule has 25 heavy (non-hydrogen) atoms. The van der Waals surface area contributed by atoms with Crippen LogP contribution in [0.4, 0.5) is 10.5 Å². The highest BCUT2D eigenvalue weighted by Crippen LogP contribution is 2.46. The number of nitrogens with zero attached hydrogens (tertiary/aromatic N) is 1. The van der Waals surface area contributed by atoms with Gasteiger partial charge >= 0.3 is 6.09 Å². The molecule has 1 saturated carbocycles. The predicted octanol–water partition coefficient (Wildman–Crippen LogP) is 3.17. The zero-order valence-electron chi connectivity index (χ0n) is 15.3. The van der Waals surface area contributed by atoms with Gasteiger partial charge in [0.15, 0.2) is 5.60 Å². The number of ether oxygens (including phenoxy) is 2. The number of benzene rings is 1. The van der Waals surface area contributed by atoms with E-state index in [1.807, 2.05) is 45.9 Å². The number of anilines is 1. The molecule has 6 nitrogen and oxygen atoms in total. The molecule has 136 valence electrons. The lowest BCUT2D eigenvalue weighted by Crippen LogP contribution is -2.60. The van der Waals surface area contributed by atoms with Crippen molar-refractivity contribution in [1.82, 2.24) is 5.32 Å². The topological polar surface area (TPSA) is 67.9 Å². The molecule has 1 aromatic carbocycles. The number of alkyl carbamates (subject to hydrolysis) is 1. The molecule has 1 aliphatic carbocycles. The van der Waals surface area contributed by atoms with Gasteiger partial charge in [0.05, 0.1) is 5.69 Å². The summed E-state index contributed by atoms with van der Waals surface area (Å²) in [7, 11) is 0. The van der Waals surface area contributed by atoms with E-state index in [0.29, 0.717) is 13.1 Å². The van der Waals surface area contributed by atoms with E-state index < -0.39 is 17.3 Å². The van der Waals surface area contributed by atoms with Crippen LogP contribution in [-0.2, 0) is 9.53 Å². The van der Waals surface area contributed by atoms with Crippen LogP contribution in [0.2, 0.25) is 0 Å². The van der Waals surface area contributed by atoms with Crippen molar-refractivity contribution in [2.24, 2.45) is 0 Å². The summed E-state index contributed by atoms with van der Waals surface area (Å²) in [6.45, 7) is 8.16. The molecular weight excluding hydrogens is 320 g/mol. The second-order valence-corrected chi connectivity index (χ2v) is 7.81. The highest BCUT2D eigenvalue weighted by molar-refractivity contribution is 6.03. The summed E-state index contributed by atoms with van der Waals surface area (Å²) in [6, 6.07) is 5.83. The Morgan fingerprint density at radius 3 is 2.68 bits per heavy atom. The normalized spacial score (nSPS) is 18.2. The van der Waals surface area contributed by atoms with Crippen LogP contribution in [-0.4, -0.2) is 36.3 Å². The first-order valence-electron chi connectivity index (χ1n) is 8.79. The van der Waals surface area contributed by atoms with E-state index >= 15 is 0 Å². The molecule has 1 N–H and O–H groups in total. The SMILES string of the molecule is Cc1ccc2c(c1)OC1(CCC1)C(=O)N2CCNC(=O)OC(C)(C)C. The molecule has 1 spiro atoms. The first kappa shape index (κ1) is 17.6. The number of hydrogen-bond acceptors (Lipinski definition) is 4. The average Bonchev–Trinajstić information content (AvgIpc) is 2.45. The van der Waals surface area contributed by atoms with Gasteiger partial charge < -0.3 is 19.7 Å². The fourth-order valence-electron chi connectivity index (χ4n) is 3.16. The van der Waals surface area contributed by atoms with Crippen LogP contribution < -0.4 is 15.0 Å². The van der Waals surface area contributed by atoms with Crippen molar-refractivity contribution in [3.8, 4) is 5.75 Å². The number of amides is 2. The minimum Gasteiger partial charge on any atom is -0.475 e. The Balaban J connectivity index is 1.71. The number of rotatable bonds is 3. The van der Waals surface area contributed by atoms with E-state index in [2.05, 4.69) is 5.32 Å². The van der Waals surface area contributed by atoms with E-state index in [0.717, 1.165) is 36.3 Å². The van der Waals surface area contributed by atoms with Crippen molar-refractivity contribution >= 4 is 17.7 Å². The van der Waals surface area contributed by atoms with E-state index in [4.69, 9.17) is 9.47 Å². The molecular formula is C19H26N2O4. The monoisotopic (exact) mass is 346 g/mol. The molecule has 1 fully saturated rings. The van der Waals surface area contributed by atoms with Crippen LogP contribution in [0.1, 0.15) is 45.6 Å². The molecule has 0 unspecified atom stereocenters. The Morgan fingerprint density at radius 2 is 2.08 bits per heavy atom. The number of carbonyl (C=O) groups excluding carboxylic acids is 2. The second kappa shape index (κ2) is 6.24. The molecule has 0 bridgehead atoms. The van der Waals surface area contributed by atoms with Crippen molar-refractivity contribution in [3.05, 3.63) is 23.8 Å². The van der Waals surface area contributed by atoms with Gasteiger partial charge in [0.25, 0.3) is 5.91 Å². The smallest absolute Gasteiger partial charge is 0.407 e. The van der Waals surface area contributed by atoms with Crippen molar-refractivity contribution in [2.45, 2.75) is 58.2 Å². The van der Waals surface area contributed by atoms with Gasteiger partial charge in [-0.3, -0.25) is 4.79 Å². The quantitative estimate of drug-likeness (QED) is 0.913. The first-order chi connectivity index (χ1) is 11.7. The molecule has 1 aliphatic heterocycles. The summed E-state index contributed by atoms with van der Waals surface area (Å²) < 4.78 is 11.3. The lowest BCUT2D eigenvalue weighted by atomic mass is 9.77. The number of aryl methyl sites for hydroxylation is 1. The molecule has 0 aromatic heterocycles. The van der Waals surface area contributed by atoms with Crippen LogP contribution in [0.15, 0.2) is 18.2 Å². The highest BCUT2D eigenvalue weighted by Gasteiger charge is 2.52. The second-order valence-electron chi connectivity index (χ2n) is 7.81. The molecule has 3 rings (SSSR count). The number of fused-ring (bicyclic) bond motifs is 1. The van der Waals surface area contributed by atoms with Gasteiger partial charge in [0.1, 0.15) is 11.4 Å². The summed E-state index contributed by atoms with van der Waals surface area (Å²) >= 11 is 0. The summed E-state index contributed by atoms with van der Waals surface area (Å²) in [5.41, 5.74) is 0.597. The molecule has 0 atom stereocenters. The molecule has 6 heteroatoms. The van der Waals surface area contributed by atoms with Crippen LogP contribution in [0.5, 0.6) is 5.75 Å². The largest absolute Gasteiger partial charge is 0.475 e. The lowest BCUT2D eigenvalue weighted by molar-refractivity contribution is -0.143. The minimum atomic E-state index is -0.716. The Hall–Kier alpha value is -2.24. The zero-order valence-corrected chi connectivity index (χ0v) is 15.3. The predicted molar refractivity (Wildman–Crippen MR) is 95.0 cm³/mol. The number of hydrogen-bond donors (Lipinski definition) is 1. The summed E-state index contributed by atoms with van der Waals surface area (Å²) in [4.78, 5) is 26.5. The maximum Gasteiger partial charge on any atom is 0.407 e. The standard InChI is InChI=1S/C19H26N2O4/c1-13-6-7-14-15(12-13)24-19(8-5-9-19)16(22)21(14)11-10-20-17(23)25-18(2,3)4/h6-7,12H,5,8-11H2,1-4H3,(H,20,23). The van der Waals surface area contributed by atoms with Gasteiger partial charge in [-0.15, -0.1) is 0 Å². The minimum absolute atomic E-state index is 0.0129. The van der Waals surface area contributed by atoms with Gasteiger partial charge in [-0.05, 0) is 64.7 Å². The van der Waals surface area contributed by atoms with Crippen molar-refractivity contribution < 1.29 is 19.1 Å². The average molecular weight is 346 g/mol. The summed E-state index contributed by atoms with van der Waals surface area (Å²) in [6.07, 6.45) is 2.01. The molecule has 0 saturated heterocycles. The van der Waals surface area contributed by atoms with E-state index in [9.17, 15) is 9.59 Å². The number of carbonyl (C=O) groups is 2. The van der Waals surface area contributed by atoms with Crippen molar-refractivity contribution in [3.63, 3.8) is 0 Å². The highest BCUT2D eigenvalue weighted by atomic mass is 16.6. The van der Waals surface area contributed by atoms with Gasteiger partial charge in [0, 0.05) is 13.1 Å². The third-order valence-electron chi connectivity index (χ3n) is 4.51. The lowest BCUT2D eigenvalue weighted by Gasteiger charge is -2.47. The first-order valence-corrected chi connectivity index (χ1v) is 8.79. The third-order valence-corrected chi connectivity index (χ3v) is 4.51. The Kier molecular flexibility index (Phi) is 4.39.